The molecule has 5 nitrogen and oxygen atoms in total. The quantitative estimate of drug-likeness (QED) is 0.330. The summed E-state index contributed by atoms with van der Waals surface area (Å²) in [5, 5.41) is 10.6. The van der Waals surface area contributed by atoms with Gasteiger partial charge in [-0.2, -0.15) is 0 Å². The molecule has 0 unspecified atom stereocenters. The van der Waals surface area contributed by atoms with Gasteiger partial charge in [-0.05, 0) is 48.0 Å². The van der Waals surface area contributed by atoms with Gasteiger partial charge in [0.15, 0.2) is 4.32 Å². The molecular formula is C18H11FN2O3S2. The highest BCUT2D eigenvalue weighted by Crippen LogP contribution is 2.34. The molecule has 2 aromatic rings. The summed E-state index contributed by atoms with van der Waals surface area (Å²) in [5.74, 6) is -0.666. The van der Waals surface area contributed by atoms with Crippen molar-refractivity contribution in [1.82, 2.24) is 0 Å². The van der Waals surface area contributed by atoms with Gasteiger partial charge in [-0.25, -0.2) is 4.39 Å². The Morgan fingerprint density at radius 2 is 1.77 bits per heavy atom. The van der Waals surface area contributed by atoms with E-state index in [4.69, 9.17) is 12.2 Å². The minimum Gasteiger partial charge on any atom is -0.268 e. The van der Waals surface area contributed by atoms with E-state index in [0.717, 1.165) is 17.3 Å². The maximum Gasteiger partial charge on any atom is 0.270 e. The first-order valence-electron chi connectivity index (χ1n) is 7.40. The third-order valence-corrected chi connectivity index (χ3v) is 4.84. The number of amides is 1. The smallest absolute Gasteiger partial charge is 0.268 e. The molecule has 0 saturated carbocycles. The highest BCUT2D eigenvalue weighted by Gasteiger charge is 2.32. The van der Waals surface area contributed by atoms with Gasteiger partial charge in [0.1, 0.15) is 5.82 Å². The van der Waals surface area contributed by atoms with Crippen LogP contribution in [0.25, 0.3) is 6.08 Å². The lowest BCUT2D eigenvalue weighted by Crippen LogP contribution is -2.27. The normalized spacial score (nSPS) is 16.0. The highest BCUT2D eigenvalue weighted by molar-refractivity contribution is 8.27. The van der Waals surface area contributed by atoms with Crippen molar-refractivity contribution in [2.45, 2.75) is 0 Å². The standard InChI is InChI=1S/C18H11FN2O3S2/c19-13-6-10-14(11-7-13)20-17(22)16(26-18(20)25)3-1-2-12-4-8-15(9-5-12)21(23)24/h1-11H/b2-1+,16-3-. The largest absolute Gasteiger partial charge is 0.270 e. The van der Waals surface area contributed by atoms with E-state index in [2.05, 4.69) is 0 Å². The molecule has 26 heavy (non-hydrogen) atoms. The predicted octanol–water partition coefficient (Wildman–Crippen LogP) is 4.70. The first kappa shape index (κ1) is 18.0. The van der Waals surface area contributed by atoms with Crippen LogP contribution >= 0.6 is 24.0 Å². The van der Waals surface area contributed by atoms with E-state index in [1.54, 1.807) is 30.4 Å². The molecule has 0 aromatic heterocycles. The summed E-state index contributed by atoms with van der Waals surface area (Å²) in [6.07, 6.45) is 5.04. The number of rotatable bonds is 4. The number of halogens is 1. The Kier molecular flexibility index (Phi) is 5.24. The number of carbonyl (C=O) groups is 1. The first-order chi connectivity index (χ1) is 12.5. The average molecular weight is 386 g/mol. The van der Waals surface area contributed by atoms with Gasteiger partial charge in [-0.3, -0.25) is 19.8 Å². The van der Waals surface area contributed by atoms with Crippen LogP contribution in [-0.4, -0.2) is 15.2 Å². The van der Waals surface area contributed by atoms with E-state index in [0.29, 0.717) is 14.9 Å². The molecule has 1 aliphatic rings. The number of hydrogen-bond donors (Lipinski definition) is 0. The zero-order valence-electron chi connectivity index (χ0n) is 13.2. The van der Waals surface area contributed by atoms with Crippen LogP contribution in [0, 0.1) is 15.9 Å². The number of allylic oxidation sites excluding steroid dienone is 2. The molecule has 0 spiro atoms. The molecule has 1 saturated heterocycles. The molecule has 1 heterocycles. The van der Waals surface area contributed by atoms with Crippen molar-refractivity contribution >= 4 is 51.7 Å². The van der Waals surface area contributed by atoms with Gasteiger partial charge in [-0.15, -0.1) is 0 Å². The molecule has 0 radical (unpaired) electrons. The van der Waals surface area contributed by atoms with E-state index in [9.17, 15) is 19.3 Å². The number of carbonyl (C=O) groups excluding carboxylic acids is 1. The Labute approximate surface area is 158 Å². The molecule has 0 aliphatic carbocycles. The van der Waals surface area contributed by atoms with Crippen molar-refractivity contribution in [2.24, 2.45) is 0 Å². The van der Waals surface area contributed by atoms with Crippen LogP contribution < -0.4 is 4.90 Å². The number of benzene rings is 2. The number of non-ortho nitro benzene ring substituents is 1. The fraction of sp³-hybridized carbons (Fsp3) is 0. The lowest BCUT2D eigenvalue weighted by molar-refractivity contribution is -0.384. The van der Waals surface area contributed by atoms with Crippen LogP contribution in [-0.2, 0) is 4.79 Å². The van der Waals surface area contributed by atoms with E-state index in [1.165, 1.54) is 41.3 Å². The van der Waals surface area contributed by atoms with Crippen molar-refractivity contribution in [3.63, 3.8) is 0 Å². The van der Waals surface area contributed by atoms with E-state index in [-0.39, 0.29) is 17.4 Å². The zero-order valence-corrected chi connectivity index (χ0v) is 14.8. The summed E-state index contributed by atoms with van der Waals surface area (Å²) in [4.78, 5) is 24.5. The van der Waals surface area contributed by atoms with Crippen LogP contribution in [0.1, 0.15) is 5.56 Å². The summed E-state index contributed by atoms with van der Waals surface area (Å²) in [7, 11) is 0. The van der Waals surface area contributed by atoms with Gasteiger partial charge in [0.2, 0.25) is 0 Å². The minimum atomic E-state index is -0.464. The highest BCUT2D eigenvalue weighted by atomic mass is 32.2. The van der Waals surface area contributed by atoms with Gasteiger partial charge >= 0.3 is 0 Å². The van der Waals surface area contributed by atoms with Gasteiger partial charge in [0.25, 0.3) is 11.6 Å². The van der Waals surface area contributed by atoms with Gasteiger partial charge in [0.05, 0.1) is 15.5 Å². The lowest BCUT2D eigenvalue weighted by Gasteiger charge is -2.13. The second-order valence-electron chi connectivity index (χ2n) is 5.22. The van der Waals surface area contributed by atoms with Crippen LogP contribution in [0.4, 0.5) is 15.8 Å². The summed E-state index contributed by atoms with van der Waals surface area (Å²) >= 11 is 6.39. The third kappa shape index (κ3) is 3.87. The molecule has 1 aliphatic heterocycles. The molecule has 2 aromatic carbocycles. The fourth-order valence-corrected chi connectivity index (χ4v) is 3.50. The van der Waals surface area contributed by atoms with Crippen molar-refractivity contribution in [2.75, 3.05) is 4.90 Å². The SMILES string of the molecule is O=C1/C(=C/C=C/c2ccc([N+](=O)[O-])cc2)SC(=S)N1c1ccc(F)cc1. The molecule has 130 valence electrons. The van der Waals surface area contributed by atoms with E-state index >= 15 is 0 Å². The van der Waals surface area contributed by atoms with Crippen molar-refractivity contribution < 1.29 is 14.1 Å². The van der Waals surface area contributed by atoms with Crippen LogP contribution in [0.3, 0.4) is 0 Å². The predicted molar refractivity (Wildman–Crippen MR) is 104 cm³/mol. The van der Waals surface area contributed by atoms with Crippen molar-refractivity contribution in [3.05, 3.63) is 87.1 Å². The number of nitro groups is 1. The summed E-state index contributed by atoms with van der Waals surface area (Å²) in [6.45, 7) is 0. The monoisotopic (exact) mass is 386 g/mol. The molecule has 0 bridgehead atoms. The molecule has 3 rings (SSSR count). The third-order valence-electron chi connectivity index (χ3n) is 3.52. The number of hydrogen-bond acceptors (Lipinski definition) is 5. The van der Waals surface area contributed by atoms with Crippen LogP contribution in [0.2, 0.25) is 0 Å². The molecule has 8 heteroatoms. The van der Waals surface area contributed by atoms with Gasteiger partial charge < -0.3 is 0 Å². The molecule has 1 amide bonds. The lowest BCUT2D eigenvalue weighted by atomic mass is 10.2. The molecule has 0 N–H and O–H groups in total. The zero-order chi connectivity index (χ0) is 18.7. The first-order valence-corrected chi connectivity index (χ1v) is 8.63. The summed E-state index contributed by atoms with van der Waals surface area (Å²) < 4.78 is 13.4. The Bertz CT molecular complexity index is 938. The van der Waals surface area contributed by atoms with Crippen molar-refractivity contribution in [1.29, 1.82) is 0 Å². The topological polar surface area (TPSA) is 63.4 Å². The maximum atomic E-state index is 13.0. The number of thiocarbonyl (C=S) groups is 1. The fourth-order valence-electron chi connectivity index (χ4n) is 2.25. The minimum absolute atomic E-state index is 0.0160. The summed E-state index contributed by atoms with van der Waals surface area (Å²) in [6, 6.07) is 11.6. The number of thioether (sulfide) groups is 1. The Morgan fingerprint density at radius 1 is 1.12 bits per heavy atom. The second-order valence-corrected chi connectivity index (χ2v) is 6.90. The number of anilines is 1. The van der Waals surface area contributed by atoms with E-state index in [1.807, 2.05) is 0 Å². The Morgan fingerprint density at radius 3 is 2.38 bits per heavy atom. The van der Waals surface area contributed by atoms with Gasteiger partial charge in [-0.1, -0.05) is 36.1 Å². The average Bonchev–Trinajstić information content (AvgIpc) is 2.90. The van der Waals surface area contributed by atoms with Gasteiger partial charge in [0, 0.05) is 12.1 Å². The second kappa shape index (κ2) is 7.59. The van der Waals surface area contributed by atoms with Crippen molar-refractivity contribution in [3.8, 4) is 0 Å². The molecular weight excluding hydrogens is 375 g/mol. The van der Waals surface area contributed by atoms with Crippen LogP contribution in [0.5, 0.6) is 0 Å². The number of nitrogens with zero attached hydrogens (tertiary/aromatic N) is 2. The Balaban J connectivity index is 1.75. The van der Waals surface area contributed by atoms with Crippen LogP contribution in [0.15, 0.2) is 65.6 Å². The number of nitro benzene ring substituents is 1. The molecule has 0 atom stereocenters. The maximum absolute atomic E-state index is 13.0. The van der Waals surface area contributed by atoms with E-state index < -0.39 is 4.92 Å². The summed E-state index contributed by atoms with van der Waals surface area (Å²) in [5.41, 5.74) is 1.29. The Hall–Kier alpha value is -2.84. The molecule has 1 fully saturated rings.